The third-order valence-corrected chi connectivity index (χ3v) is 5.06. The Hall–Kier alpha value is -2.68. The van der Waals surface area contributed by atoms with Crippen molar-refractivity contribution in [1.29, 1.82) is 0 Å². The maximum Gasteiger partial charge on any atom is 0.113 e. The summed E-state index contributed by atoms with van der Waals surface area (Å²) in [5, 5.41) is 8.98. The van der Waals surface area contributed by atoms with Gasteiger partial charge in [0.05, 0.1) is 12.7 Å². The Kier molecular flexibility index (Phi) is 3.38. The van der Waals surface area contributed by atoms with Crippen LogP contribution in [-0.4, -0.2) is 15.0 Å². The third kappa shape index (κ3) is 2.56. The number of nitrogens with zero attached hydrogens (tertiary/aromatic N) is 3. The van der Waals surface area contributed by atoms with Gasteiger partial charge in [0.1, 0.15) is 5.69 Å². The molecule has 1 unspecified atom stereocenters. The molecule has 0 N–H and O–H groups in total. The van der Waals surface area contributed by atoms with E-state index in [-0.39, 0.29) is 5.41 Å². The van der Waals surface area contributed by atoms with Crippen LogP contribution in [0.5, 0.6) is 0 Å². The van der Waals surface area contributed by atoms with Gasteiger partial charge in [0.2, 0.25) is 0 Å². The van der Waals surface area contributed by atoms with E-state index < -0.39 is 0 Å². The summed E-state index contributed by atoms with van der Waals surface area (Å²) in [6.45, 7) is 9.37. The van der Waals surface area contributed by atoms with Crippen LogP contribution >= 0.6 is 0 Å². The van der Waals surface area contributed by atoms with Gasteiger partial charge in [-0.25, -0.2) is 0 Å². The Balaban J connectivity index is 1.52. The summed E-state index contributed by atoms with van der Waals surface area (Å²) in [5.74, 6) is 0.486. The number of benzene rings is 2. The van der Waals surface area contributed by atoms with Gasteiger partial charge in [0.25, 0.3) is 0 Å². The minimum atomic E-state index is 0.236. The van der Waals surface area contributed by atoms with E-state index in [1.54, 1.807) is 4.80 Å². The lowest BCUT2D eigenvalue weighted by atomic mass is 10.0. The second kappa shape index (κ2) is 5.45. The molecule has 0 spiro atoms. The van der Waals surface area contributed by atoms with Gasteiger partial charge in [-0.15, -0.1) is 0 Å². The van der Waals surface area contributed by atoms with Gasteiger partial charge >= 0.3 is 0 Å². The van der Waals surface area contributed by atoms with Gasteiger partial charge in [-0.2, -0.15) is 15.0 Å². The van der Waals surface area contributed by atoms with E-state index in [9.17, 15) is 0 Å². The van der Waals surface area contributed by atoms with Gasteiger partial charge in [0.15, 0.2) is 0 Å². The van der Waals surface area contributed by atoms with Crippen LogP contribution in [0.1, 0.15) is 30.9 Å². The Morgan fingerprint density at radius 2 is 1.71 bits per heavy atom. The number of rotatable bonds is 4. The molecule has 0 aliphatic heterocycles. The molecular formula is C21H21N3. The van der Waals surface area contributed by atoms with Crippen molar-refractivity contribution in [2.24, 2.45) is 5.41 Å². The SMILES string of the molecule is C=C1C(c2ccc(-c3cnn(Cc4ccccc4)n3)cc2)C1(C)C. The zero-order valence-corrected chi connectivity index (χ0v) is 14.1. The molecule has 1 aliphatic rings. The fourth-order valence-corrected chi connectivity index (χ4v) is 3.35. The molecule has 0 amide bonds. The first kappa shape index (κ1) is 14.9. The highest BCUT2D eigenvalue weighted by atomic mass is 15.5. The van der Waals surface area contributed by atoms with Crippen LogP contribution in [0.4, 0.5) is 0 Å². The first-order chi connectivity index (χ1) is 11.6. The van der Waals surface area contributed by atoms with Crippen LogP contribution in [0.15, 0.2) is 72.9 Å². The average molecular weight is 315 g/mol. The molecule has 2 aromatic carbocycles. The maximum absolute atomic E-state index is 4.60. The predicted molar refractivity (Wildman–Crippen MR) is 96.7 cm³/mol. The molecule has 1 atom stereocenters. The number of hydrogen-bond acceptors (Lipinski definition) is 2. The van der Waals surface area contributed by atoms with E-state index in [0.29, 0.717) is 12.5 Å². The molecular weight excluding hydrogens is 294 g/mol. The first-order valence-corrected chi connectivity index (χ1v) is 8.29. The summed E-state index contributed by atoms with van der Waals surface area (Å²) >= 11 is 0. The molecule has 0 saturated heterocycles. The standard InChI is InChI=1S/C21H21N3/c1-15-20(21(15,2)3)18-11-9-17(10-12-18)19-13-22-24(23-19)14-16-7-5-4-6-8-16/h4-13,20H,1,14H2,2-3H3. The third-order valence-electron chi connectivity index (χ3n) is 5.06. The molecule has 120 valence electrons. The molecule has 3 nitrogen and oxygen atoms in total. The normalized spacial score (nSPS) is 18.6. The zero-order valence-electron chi connectivity index (χ0n) is 14.1. The first-order valence-electron chi connectivity index (χ1n) is 8.29. The van der Waals surface area contributed by atoms with Crippen molar-refractivity contribution in [3.05, 3.63) is 84.1 Å². The van der Waals surface area contributed by atoms with Gasteiger partial charge in [0, 0.05) is 11.5 Å². The Labute approximate surface area is 142 Å². The summed E-state index contributed by atoms with van der Waals surface area (Å²) in [7, 11) is 0. The van der Waals surface area contributed by atoms with Crippen LogP contribution in [-0.2, 0) is 6.54 Å². The van der Waals surface area contributed by atoms with Crippen molar-refractivity contribution >= 4 is 0 Å². The zero-order chi connectivity index (χ0) is 16.7. The van der Waals surface area contributed by atoms with Gasteiger partial charge in [-0.05, 0) is 16.5 Å². The van der Waals surface area contributed by atoms with E-state index in [0.717, 1.165) is 11.3 Å². The Bertz CT molecular complexity index is 873. The van der Waals surface area contributed by atoms with E-state index in [1.807, 2.05) is 24.4 Å². The molecule has 0 radical (unpaired) electrons. The number of aromatic nitrogens is 3. The van der Waals surface area contributed by atoms with Crippen LogP contribution < -0.4 is 0 Å². The van der Waals surface area contributed by atoms with E-state index >= 15 is 0 Å². The lowest BCUT2D eigenvalue weighted by molar-refractivity contribution is 0.592. The molecule has 1 heterocycles. The van der Waals surface area contributed by atoms with Crippen LogP contribution in [0.2, 0.25) is 0 Å². The van der Waals surface area contributed by atoms with Gasteiger partial charge in [-0.3, -0.25) is 0 Å². The van der Waals surface area contributed by atoms with Crippen molar-refractivity contribution in [2.75, 3.05) is 0 Å². The molecule has 1 saturated carbocycles. The lowest BCUT2D eigenvalue weighted by Gasteiger charge is -2.03. The highest BCUT2D eigenvalue weighted by Crippen LogP contribution is 2.63. The minimum Gasteiger partial charge on any atom is -0.180 e. The topological polar surface area (TPSA) is 30.7 Å². The van der Waals surface area contributed by atoms with Crippen LogP contribution in [0, 0.1) is 5.41 Å². The summed E-state index contributed by atoms with van der Waals surface area (Å²) < 4.78 is 0. The smallest absolute Gasteiger partial charge is 0.113 e. The Morgan fingerprint density at radius 3 is 2.33 bits per heavy atom. The molecule has 24 heavy (non-hydrogen) atoms. The fourth-order valence-electron chi connectivity index (χ4n) is 3.35. The molecule has 1 aliphatic carbocycles. The van der Waals surface area contributed by atoms with Gasteiger partial charge < -0.3 is 0 Å². The van der Waals surface area contributed by atoms with Crippen molar-refractivity contribution in [1.82, 2.24) is 15.0 Å². The maximum atomic E-state index is 4.60. The van der Waals surface area contributed by atoms with Crippen LogP contribution in [0.25, 0.3) is 11.3 Å². The fraction of sp³-hybridized carbons (Fsp3) is 0.238. The highest BCUT2D eigenvalue weighted by Gasteiger charge is 2.51. The largest absolute Gasteiger partial charge is 0.180 e. The number of allylic oxidation sites excluding steroid dienone is 1. The van der Waals surface area contributed by atoms with Gasteiger partial charge in [-0.1, -0.05) is 80.6 Å². The second-order valence-electron chi connectivity index (χ2n) is 7.05. The molecule has 3 aromatic rings. The molecule has 4 rings (SSSR count). The summed E-state index contributed by atoms with van der Waals surface area (Å²) in [6, 6.07) is 18.9. The van der Waals surface area contributed by atoms with Crippen molar-refractivity contribution in [2.45, 2.75) is 26.3 Å². The minimum absolute atomic E-state index is 0.236. The lowest BCUT2D eigenvalue weighted by Crippen LogP contribution is -2.03. The molecule has 1 aromatic heterocycles. The molecule has 3 heteroatoms. The van der Waals surface area contributed by atoms with E-state index in [2.05, 4.69) is 67.0 Å². The molecule has 1 fully saturated rings. The average Bonchev–Trinajstić information content (AvgIpc) is 2.91. The highest BCUT2D eigenvalue weighted by molar-refractivity contribution is 5.60. The molecule has 0 bridgehead atoms. The number of hydrogen-bond donors (Lipinski definition) is 0. The van der Waals surface area contributed by atoms with Crippen molar-refractivity contribution < 1.29 is 0 Å². The van der Waals surface area contributed by atoms with E-state index in [4.69, 9.17) is 0 Å². The second-order valence-corrected chi connectivity index (χ2v) is 7.05. The Morgan fingerprint density at radius 1 is 1.04 bits per heavy atom. The quantitative estimate of drug-likeness (QED) is 0.655. The monoisotopic (exact) mass is 315 g/mol. The summed E-state index contributed by atoms with van der Waals surface area (Å²) in [4.78, 5) is 1.74. The predicted octanol–water partition coefficient (Wildman–Crippen LogP) is 4.67. The summed E-state index contributed by atoms with van der Waals surface area (Å²) in [5.41, 5.74) is 6.10. The summed E-state index contributed by atoms with van der Waals surface area (Å²) in [6.07, 6.45) is 1.83. The van der Waals surface area contributed by atoms with E-state index in [1.165, 1.54) is 16.7 Å². The van der Waals surface area contributed by atoms with Crippen molar-refractivity contribution in [3.63, 3.8) is 0 Å². The van der Waals surface area contributed by atoms with Crippen LogP contribution in [0.3, 0.4) is 0 Å². The van der Waals surface area contributed by atoms with Crippen molar-refractivity contribution in [3.8, 4) is 11.3 Å².